The summed E-state index contributed by atoms with van der Waals surface area (Å²) in [5, 5.41) is 12.3. The van der Waals surface area contributed by atoms with Gasteiger partial charge in [0.25, 0.3) is 5.91 Å². The third kappa shape index (κ3) is 5.40. The van der Waals surface area contributed by atoms with Crippen LogP contribution in [0.4, 0.5) is 5.69 Å². The summed E-state index contributed by atoms with van der Waals surface area (Å²) in [6.45, 7) is 3.90. The standard InChI is InChI=1S/C15H25N3O3S/c1-11(2)14(19)15(20)17-13-8-6-12(7-9-13)10-16-22(5,21)18(3)4/h6-9,11,14,19H,10H2,1-5H3,(H,17,20)/t14-,22?/m1/s1. The second kappa shape index (κ2) is 7.71. The van der Waals surface area contributed by atoms with Crippen LogP contribution in [0.15, 0.2) is 28.6 Å². The Balaban J connectivity index is 2.72. The third-order valence-electron chi connectivity index (χ3n) is 3.29. The number of nitrogens with zero attached hydrogens (tertiary/aromatic N) is 2. The van der Waals surface area contributed by atoms with Crippen LogP contribution in [0.1, 0.15) is 19.4 Å². The monoisotopic (exact) mass is 327 g/mol. The van der Waals surface area contributed by atoms with E-state index in [2.05, 4.69) is 9.68 Å². The van der Waals surface area contributed by atoms with E-state index in [0.717, 1.165) is 5.56 Å². The minimum atomic E-state index is -2.34. The number of hydrogen-bond donors (Lipinski definition) is 2. The smallest absolute Gasteiger partial charge is 0.253 e. The molecular weight excluding hydrogens is 302 g/mol. The molecule has 0 aliphatic heterocycles. The average Bonchev–Trinajstić information content (AvgIpc) is 2.45. The highest BCUT2D eigenvalue weighted by molar-refractivity contribution is 7.90. The van der Waals surface area contributed by atoms with Crippen molar-refractivity contribution in [3.05, 3.63) is 29.8 Å². The van der Waals surface area contributed by atoms with Gasteiger partial charge in [-0.25, -0.2) is 12.9 Å². The lowest BCUT2D eigenvalue weighted by atomic mass is 10.1. The maximum atomic E-state index is 12.1. The van der Waals surface area contributed by atoms with Crippen molar-refractivity contribution in [3.63, 3.8) is 0 Å². The number of carbonyl (C=O) groups excluding carboxylic acids is 1. The molecule has 2 atom stereocenters. The number of anilines is 1. The molecule has 0 aliphatic rings. The van der Waals surface area contributed by atoms with Gasteiger partial charge in [0.05, 0.1) is 6.54 Å². The first-order valence-electron chi connectivity index (χ1n) is 7.06. The zero-order valence-corrected chi connectivity index (χ0v) is 14.6. The van der Waals surface area contributed by atoms with E-state index in [-0.39, 0.29) is 5.92 Å². The first-order chi connectivity index (χ1) is 10.1. The predicted molar refractivity (Wildman–Crippen MR) is 89.8 cm³/mol. The Morgan fingerprint density at radius 1 is 1.32 bits per heavy atom. The Bertz CT molecular complexity index is 617. The van der Waals surface area contributed by atoms with Gasteiger partial charge in [-0.05, 0) is 23.6 Å². The molecule has 0 fully saturated rings. The summed E-state index contributed by atoms with van der Waals surface area (Å²) in [6.07, 6.45) is 0.564. The molecule has 0 aliphatic carbocycles. The number of hydrogen-bond acceptors (Lipinski definition) is 4. The lowest BCUT2D eigenvalue weighted by Crippen LogP contribution is -2.31. The summed E-state index contributed by atoms with van der Waals surface area (Å²) in [5.74, 6) is -0.557. The van der Waals surface area contributed by atoms with Crippen molar-refractivity contribution in [2.45, 2.75) is 26.5 Å². The summed E-state index contributed by atoms with van der Waals surface area (Å²) in [5.41, 5.74) is 1.51. The van der Waals surface area contributed by atoms with E-state index in [0.29, 0.717) is 12.2 Å². The van der Waals surface area contributed by atoms with Crippen LogP contribution in [0.2, 0.25) is 0 Å². The molecule has 1 aromatic carbocycles. The summed E-state index contributed by atoms with van der Waals surface area (Å²) in [6, 6.07) is 7.10. The van der Waals surface area contributed by atoms with Crippen molar-refractivity contribution in [3.8, 4) is 0 Å². The minimum Gasteiger partial charge on any atom is -0.383 e. The molecule has 2 N–H and O–H groups in total. The van der Waals surface area contributed by atoms with Gasteiger partial charge >= 0.3 is 0 Å². The Hall–Kier alpha value is -1.44. The predicted octanol–water partition coefficient (Wildman–Crippen LogP) is 1.72. The van der Waals surface area contributed by atoms with Crippen molar-refractivity contribution in [1.82, 2.24) is 4.31 Å². The highest BCUT2D eigenvalue weighted by Gasteiger charge is 2.18. The van der Waals surface area contributed by atoms with Gasteiger partial charge in [0.2, 0.25) is 0 Å². The Labute approximate surface area is 132 Å². The van der Waals surface area contributed by atoms with Gasteiger partial charge in [0, 0.05) is 26.0 Å². The number of carbonyl (C=O) groups is 1. The van der Waals surface area contributed by atoms with Gasteiger partial charge < -0.3 is 10.4 Å². The van der Waals surface area contributed by atoms with Gasteiger partial charge in [-0.2, -0.15) is 0 Å². The first-order valence-corrected chi connectivity index (χ1v) is 8.94. The van der Waals surface area contributed by atoms with Gasteiger partial charge in [-0.1, -0.05) is 26.0 Å². The van der Waals surface area contributed by atoms with E-state index < -0.39 is 21.9 Å². The molecule has 0 aromatic heterocycles. The molecule has 1 aromatic rings. The van der Waals surface area contributed by atoms with Crippen molar-refractivity contribution in [1.29, 1.82) is 0 Å². The highest BCUT2D eigenvalue weighted by Crippen LogP contribution is 2.13. The van der Waals surface area contributed by atoms with Gasteiger partial charge in [-0.3, -0.25) is 4.79 Å². The maximum absolute atomic E-state index is 12.1. The summed E-state index contributed by atoms with van der Waals surface area (Å²) >= 11 is 0. The Morgan fingerprint density at radius 3 is 2.32 bits per heavy atom. The average molecular weight is 327 g/mol. The van der Waals surface area contributed by atoms with Crippen LogP contribution in [0.25, 0.3) is 0 Å². The second-order valence-electron chi connectivity index (χ2n) is 5.74. The molecule has 1 unspecified atom stereocenters. The van der Waals surface area contributed by atoms with E-state index in [1.54, 1.807) is 50.6 Å². The van der Waals surface area contributed by atoms with Crippen molar-refractivity contribution in [2.75, 3.05) is 25.7 Å². The van der Waals surface area contributed by atoms with E-state index in [1.807, 2.05) is 12.1 Å². The van der Waals surface area contributed by atoms with Crippen molar-refractivity contribution >= 4 is 21.5 Å². The van der Waals surface area contributed by atoms with Crippen LogP contribution in [0, 0.1) is 5.92 Å². The zero-order valence-electron chi connectivity index (χ0n) is 13.7. The fraction of sp³-hybridized carbons (Fsp3) is 0.533. The molecule has 0 heterocycles. The first kappa shape index (κ1) is 18.6. The summed E-state index contributed by atoms with van der Waals surface area (Å²) in [4.78, 5) is 11.7. The molecule has 0 saturated heterocycles. The highest BCUT2D eigenvalue weighted by atomic mass is 32.2. The summed E-state index contributed by atoms with van der Waals surface area (Å²) in [7, 11) is 1.11. The topological polar surface area (TPSA) is 82.0 Å². The molecular formula is C15H25N3O3S. The van der Waals surface area contributed by atoms with Crippen LogP contribution < -0.4 is 5.32 Å². The molecule has 0 saturated carbocycles. The number of aliphatic hydroxyl groups excluding tert-OH is 1. The number of rotatable bonds is 6. The zero-order chi connectivity index (χ0) is 16.9. The fourth-order valence-electron chi connectivity index (χ4n) is 1.52. The molecule has 124 valence electrons. The quantitative estimate of drug-likeness (QED) is 0.834. The molecule has 6 nitrogen and oxygen atoms in total. The van der Waals surface area contributed by atoms with Crippen LogP contribution in [-0.2, 0) is 21.3 Å². The van der Waals surface area contributed by atoms with Gasteiger partial charge in [-0.15, -0.1) is 0 Å². The number of nitrogens with one attached hydrogen (secondary N) is 1. The summed E-state index contributed by atoms with van der Waals surface area (Å²) < 4.78 is 17.9. The van der Waals surface area contributed by atoms with E-state index in [1.165, 1.54) is 0 Å². The molecule has 0 bridgehead atoms. The van der Waals surface area contributed by atoms with Crippen LogP contribution >= 0.6 is 0 Å². The molecule has 1 rings (SSSR count). The number of benzene rings is 1. The maximum Gasteiger partial charge on any atom is 0.253 e. The molecule has 0 radical (unpaired) electrons. The Morgan fingerprint density at radius 2 is 1.86 bits per heavy atom. The van der Waals surface area contributed by atoms with Crippen molar-refractivity contribution < 1.29 is 14.1 Å². The van der Waals surface area contributed by atoms with Crippen LogP contribution in [-0.4, -0.2) is 46.0 Å². The van der Waals surface area contributed by atoms with E-state index in [4.69, 9.17) is 0 Å². The largest absolute Gasteiger partial charge is 0.383 e. The van der Waals surface area contributed by atoms with Crippen LogP contribution in [0.3, 0.4) is 0 Å². The SMILES string of the molecule is CC(C)[C@@H](O)C(=O)Nc1ccc(CN=S(C)(=O)N(C)C)cc1. The second-order valence-corrected chi connectivity index (χ2v) is 8.25. The van der Waals surface area contributed by atoms with Gasteiger partial charge in [0.15, 0.2) is 0 Å². The number of aliphatic hydroxyl groups is 1. The third-order valence-corrected chi connectivity index (χ3v) is 5.25. The molecule has 0 spiro atoms. The Kier molecular flexibility index (Phi) is 6.52. The van der Waals surface area contributed by atoms with Gasteiger partial charge in [0.1, 0.15) is 16.0 Å². The lowest BCUT2D eigenvalue weighted by Gasteiger charge is -2.14. The van der Waals surface area contributed by atoms with Crippen molar-refractivity contribution in [2.24, 2.45) is 10.3 Å². The molecule has 7 heteroatoms. The normalized spacial score (nSPS) is 15.5. The molecule has 1 amide bonds. The van der Waals surface area contributed by atoms with Crippen LogP contribution in [0.5, 0.6) is 0 Å². The van der Waals surface area contributed by atoms with E-state index >= 15 is 0 Å². The lowest BCUT2D eigenvalue weighted by molar-refractivity contribution is -0.125. The fourth-order valence-corrected chi connectivity index (χ4v) is 2.14. The number of amides is 1. The molecule has 22 heavy (non-hydrogen) atoms. The van der Waals surface area contributed by atoms with E-state index in [9.17, 15) is 14.1 Å². The minimum absolute atomic E-state index is 0.137.